The maximum atomic E-state index is 6.72. The summed E-state index contributed by atoms with van der Waals surface area (Å²) in [4.78, 5) is 0. The number of benzene rings is 3. The van der Waals surface area contributed by atoms with Crippen molar-refractivity contribution in [2.75, 3.05) is 0 Å². The lowest BCUT2D eigenvalue weighted by Crippen LogP contribution is -2.32. The third-order valence-corrected chi connectivity index (χ3v) is 6.82. The van der Waals surface area contributed by atoms with Crippen molar-refractivity contribution in [3.8, 4) is 22.8 Å². The molecule has 2 heteroatoms. The molecular weight excluding hydrogens is 378 g/mol. The quantitative estimate of drug-likeness (QED) is 0.280. The molecule has 0 amide bonds. The number of aromatic nitrogens is 1. The van der Waals surface area contributed by atoms with Crippen LogP contribution >= 0.6 is 0 Å². The Kier molecular flexibility index (Phi) is 4.58. The Bertz CT molecular complexity index is 1360. The second kappa shape index (κ2) is 7.09. The molecule has 0 aliphatic carbocycles. The number of hydrogen-bond acceptors (Lipinski definition) is 1. The topological polar surface area (TPSA) is 13.1 Å². The zero-order chi connectivity index (χ0) is 22.0. The van der Waals surface area contributed by atoms with Crippen LogP contribution in [0, 0.1) is 19.8 Å². The summed E-state index contributed by atoms with van der Waals surface area (Å²) in [6.07, 6.45) is 3.28. The first-order valence-corrected chi connectivity index (χ1v) is 11.5. The molecule has 0 fully saturated rings. The van der Waals surface area contributed by atoms with Gasteiger partial charge in [-0.3, -0.25) is 0 Å². The fourth-order valence-electron chi connectivity index (χ4n) is 5.17. The van der Waals surface area contributed by atoms with Crippen molar-refractivity contribution in [1.29, 1.82) is 0 Å². The van der Waals surface area contributed by atoms with Gasteiger partial charge in [0.1, 0.15) is 18.5 Å². The van der Waals surface area contributed by atoms with Crippen molar-refractivity contribution in [3.63, 3.8) is 0 Å². The molecule has 158 valence electrons. The van der Waals surface area contributed by atoms with Gasteiger partial charge in [-0.15, -0.1) is 0 Å². The van der Waals surface area contributed by atoms with E-state index in [1.54, 1.807) is 0 Å². The van der Waals surface area contributed by atoms with Crippen molar-refractivity contribution in [1.82, 2.24) is 0 Å². The van der Waals surface area contributed by atoms with E-state index in [-0.39, 0.29) is 0 Å². The van der Waals surface area contributed by atoms with Gasteiger partial charge in [-0.05, 0) is 71.0 Å². The fourth-order valence-corrected chi connectivity index (χ4v) is 5.17. The Labute approximate surface area is 185 Å². The maximum Gasteiger partial charge on any atom is 0.228 e. The van der Waals surface area contributed by atoms with E-state index >= 15 is 0 Å². The molecule has 0 N–H and O–H groups in total. The molecular formula is C29H32NO+. The molecule has 1 aliphatic rings. The van der Waals surface area contributed by atoms with Gasteiger partial charge in [0.25, 0.3) is 0 Å². The summed E-state index contributed by atoms with van der Waals surface area (Å²) >= 11 is 0. The first-order valence-electron chi connectivity index (χ1n) is 11.5. The predicted molar refractivity (Wildman–Crippen MR) is 130 cm³/mol. The predicted octanol–water partition coefficient (Wildman–Crippen LogP) is 7.53. The zero-order valence-corrected chi connectivity index (χ0v) is 19.8. The average Bonchev–Trinajstić information content (AvgIpc) is 2.73. The highest BCUT2D eigenvalue weighted by Gasteiger charge is 2.32. The van der Waals surface area contributed by atoms with Gasteiger partial charge in [-0.25, -0.2) is 4.57 Å². The molecule has 0 radical (unpaired) electrons. The molecule has 2 nitrogen and oxygen atoms in total. The van der Waals surface area contributed by atoms with Crippen LogP contribution in [0.15, 0.2) is 42.6 Å². The molecule has 0 spiro atoms. The standard InChI is InChI=1S/C29H32NO/c1-16(2)12-20-8-9-23-18(5)26-28-27-21(10-11-30(28)7)14-22(17(3)4)15-25(27)31-29(26)19(6)24(23)13-20/h8-11,13-17H,12H2,1-7H3/q+1. The van der Waals surface area contributed by atoms with Crippen LogP contribution < -0.4 is 9.30 Å². The molecule has 0 unspecified atom stereocenters. The zero-order valence-electron chi connectivity index (χ0n) is 19.8. The van der Waals surface area contributed by atoms with Crippen LogP contribution in [-0.2, 0) is 13.5 Å². The van der Waals surface area contributed by atoms with E-state index in [0.29, 0.717) is 11.8 Å². The molecule has 3 aromatic carbocycles. The van der Waals surface area contributed by atoms with Crippen LogP contribution in [-0.4, -0.2) is 0 Å². The maximum absolute atomic E-state index is 6.72. The number of hydrogen-bond donors (Lipinski definition) is 0. The minimum Gasteiger partial charge on any atom is -0.455 e. The number of nitrogens with zero attached hydrogens (tertiary/aromatic N) is 1. The van der Waals surface area contributed by atoms with Crippen molar-refractivity contribution >= 4 is 21.5 Å². The minimum atomic E-state index is 0.459. The van der Waals surface area contributed by atoms with E-state index in [4.69, 9.17) is 4.74 Å². The van der Waals surface area contributed by atoms with Crippen LogP contribution in [0.3, 0.4) is 0 Å². The van der Waals surface area contributed by atoms with Gasteiger partial charge >= 0.3 is 0 Å². The molecule has 1 aliphatic heterocycles. The lowest BCUT2D eigenvalue weighted by molar-refractivity contribution is -0.659. The Morgan fingerprint density at radius 3 is 2.39 bits per heavy atom. The molecule has 0 saturated carbocycles. The monoisotopic (exact) mass is 410 g/mol. The van der Waals surface area contributed by atoms with Gasteiger partial charge in [0.05, 0.1) is 10.9 Å². The van der Waals surface area contributed by atoms with Crippen LogP contribution in [0.5, 0.6) is 11.5 Å². The molecule has 1 aromatic heterocycles. The number of ether oxygens (including phenoxy) is 1. The van der Waals surface area contributed by atoms with Crippen LogP contribution in [0.1, 0.15) is 55.9 Å². The number of pyridine rings is 1. The summed E-state index contributed by atoms with van der Waals surface area (Å²) in [5.41, 5.74) is 7.75. The summed E-state index contributed by atoms with van der Waals surface area (Å²) in [6, 6.07) is 13.8. The molecule has 2 heterocycles. The number of rotatable bonds is 3. The largest absolute Gasteiger partial charge is 0.455 e. The molecule has 4 aromatic rings. The highest BCUT2D eigenvalue weighted by atomic mass is 16.5. The Morgan fingerprint density at radius 2 is 1.68 bits per heavy atom. The van der Waals surface area contributed by atoms with Crippen molar-refractivity contribution in [2.45, 2.75) is 53.9 Å². The third kappa shape index (κ3) is 3.04. The molecule has 0 saturated heterocycles. The van der Waals surface area contributed by atoms with E-state index < -0.39 is 0 Å². The van der Waals surface area contributed by atoms with Crippen LogP contribution in [0.25, 0.3) is 32.8 Å². The second-order valence-corrected chi connectivity index (χ2v) is 9.95. The van der Waals surface area contributed by atoms with Crippen molar-refractivity contribution in [2.24, 2.45) is 13.0 Å². The molecule has 31 heavy (non-hydrogen) atoms. The molecule has 0 bridgehead atoms. The summed E-state index contributed by atoms with van der Waals surface area (Å²) in [6.45, 7) is 13.5. The summed E-state index contributed by atoms with van der Waals surface area (Å²) in [5.74, 6) is 3.11. The highest BCUT2D eigenvalue weighted by molar-refractivity contribution is 6.06. The van der Waals surface area contributed by atoms with Gasteiger partial charge in [-0.2, -0.15) is 0 Å². The average molecular weight is 411 g/mol. The summed E-state index contributed by atoms with van der Waals surface area (Å²) in [7, 11) is 2.15. The normalized spacial score (nSPS) is 12.7. The summed E-state index contributed by atoms with van der Waals surface area (Å²) < 4.78 is 8.98. The SMILES string of the molecule is Cc1c2c(c(C)c3ccc(CC(C)C)cc13)-c1c3c(cc(C(C)C)cc3cc[n+]1C)O2. The van der Waals surface area contributed by atoms with Crippen LogP contribution in [0.4, 0.5) is 0 Å². The highest BCUT2D eigenvalue weighted by Crippen LogP contribution is 2.50. The number of aryl methyl sites for hydroxylation is 3. The van der Waals surface area contributed by atoms with Crippen LogP contribution in [0.2, 0.25) is 0 Å². The smallest absolute Gasteiger partial charge is 0.228 e. The first kappa shape index (κ1) is 20.1. The fraction of sp³-hybridized carbons (Fsp3) is 0.345. The van der Waals surface area contributed by atoms with E-state index in [0.717, 1.165) is 17.9 Å². The van der Waals surface area contributed by atoms with Gasteiger partial charge in [0.2, 0.25) is 5.69 Å². The van der Waals surface area contributed by atoms with Gasteiger partial charge in [0, 0.05) is 11.6 Å². The lowest BCUT2D eigenvalue weighted by atomic mass is 9.87. The van der Waals surface area contributed by atoms with E-state index in [9.17, 15) is 0 Å². The van der Waals surface area contributed by atoms with E-state index in [1.165, 1.54) is 55.1 Å². The van der Waals surface area contributed by atoms with Gasteiger partial charge < -0.3 is 4.74 Å². The first-order chi connectivity index (χ1) is 14.8. The van der Waals surface area contributed by atoms with E-state index in [1.807, 2.05) is 0 Å². The molecule has 5 rings (SSSR count). The summed E-state index contributed by atoms with van der Waals surface area (Å²) in [5, 5.41) is 5.11. The van der Waals surface area contributed by atoms with Crippen molar-refractivity contribution < 1.29 is 9.30 Å². The lowest BCUT2D eigenvalue weighted by Gasteiger charge is -2.25. The minimum absolute atomic E-state index is 0.459. The Balaban J connectivity index is 1.86. The number of fused-ring (bicyclic) bond motifs is 3. The van der Waals surface area contributed by atoms with Gasteiger partial charge in [0.15, 0.2) is 6.20 Å². The van der Waals surface area contributed by atoms with Gasteiger partial charge in [-0.1, -0.05) is 52.0 Å². The van der Waals surface area contributed by atoms with Crippen molar-refractivity contribution in [3.05, 3.63) is 64.8 Å². The molecule has 0 atom stereocenters. The third-order valence-electron chi connectivity index (χ3n) is 6.82. The Morgan fingerprint density at radius 1 is 0.903 bits per heavy atom. The van der Waals surface area contributed by atoms with E-state index in [2.05, 4.69) is 95.8 Å². The second-order valence-electron chi connectivity index (χ2n) is 9.95. The Hall–Kier alpha value is -2.87.